The monoisotopic (exact) mass is 414 g/mol. The average molecular weight is 414 g/mol. The van der Waals surface area contributed by atoms with E-state index >= 15 is 0 Å². The Kier molecular flexibility index (Phi) is 6.64. The van der Waals surface area contributed by atoms with E-state index in [1.807, 2.05) is 33.8 Å². The highest BCUT2D eigenvalue weighted by molar-refractivity contribution is 6.62. The Labute approximate surface area is 179 Å². The highest BCUT2D eigenvalue weighted by Crippen LogP contribution is 2.36. The normalized spacial score (nSPS) is 22.1. The summed E-state index contributed by atoms with van der Waals surface area (Å²) in [5.41, 5.74) is 0.313. The van der Waals surface area contributed by atoms with Crippen molar-refractivity contribution in [3.05, 3.63) is 23.8 Å². The first-order chi connectivity index (χ1) is 14.2. The van der Waals surface area contributed by atoms with Gasteiger partial charge in [0.25, 0.3) is 0 Å². The number of nitriles is 1. The minimum atomic E-state index is -0.531. The fourth-order valence-corrected chi connectivity index (χ4v) is 3.43. The first kappa shape index (κ1) is 22.5. The summed E-state index contributed by atoms with van der Waals surface area (Å²) in [7, 11) is -0.531. The van der Waals surface area contributed by atoms with Crippen molar-refractivity contribution in [1.29, 1.82) is 5.26 Å². The Morgan fingerprint density at radius 3 is 2.63 bits per heavy atom. The molecule has 2 aliphatic heterocycles. The topological polar surface area (TPSA) is 81.0 Å². The lowest BCUT2D eigenvalue weighted by atomic mass is 9.78. The third kappa shape index (κ3) is 4.74. The fourth-order valence-electron chi connectivity index (χ4n) is 3.43. The number of carbonyl (C=O) groups is 1. The summed E-state index contributed by atoms with van der Waals surface area (Å²) < 4.78 is 23.5. The highest BCUT2D eigenvalue weighted by Gasteiger charge is 2.51. The Bertz CT molecular complexity index is 804. The molecule has 1 aromatic carbocycles. The highest BCUT2D eigenvalue weighted by atomic mass is 16.7. The van der Waals surface area contributed by atoms with Gasteiger partial charge in [-0.05, 0) is 51.7 Å². The summed E-state index contributed by atoms with van der Waals surface area (Å²) in [4.78, 5) is 13.8. The van der Waals surface area contributed by atoms with Crippen molar-refractivity contribution in [3.63, 3.8) is 0 Å². The van der Waals surface area contributed by atoms with Crippen molar-refractivity contribution in [1.82, 2.24) is 4.90 Å². The molecule has 0 bridgehead atoms. The molecule has 0 aliphatic carbocycles. The van der Waals surface area contributed by atoms with Crippen molar-refractivity contribution in [2.45, 2.75) is 71.2 Å². The van der Waals surface area contributed by atoms with E-state index < -0.39 is 18.3 Å². The molecule has 7 nitrogen and oxygen atoms in total. The summed E-state index contributed by atoms with van der Waals surface area (Å²) in [5, 5.41) is 9.63. The predicted octanol–water partition coefficient (Wildman–Crippen LogP) is 3.25. The molecule has 2 fully saturated rings. The van der Waals surface area contributed by atoms with E-state index in [0.717, 1.165) is 18.3 Å². The van der Waals surface area contributed by atoms with Gasteiger partial charge in [0, 0.05) is 13.0 Å². The van der Waals surface area contributed by atoms with Crippen LogP contribution in [-0.4, -0.2) is 55.1 Å². The molecule has 1 amide bonds. The van der Waals surface area contributed by atoms with E-state index in [1.54, 1.807) is 17.0 Å². The van der Waals surface area contributed by atoms with Crippen LogP contribution in [0.2, 0.25) is 0 Å². The Hall–Kier alpha value is -2.24. The predicted molar refractivity (Wildman–Crippen MR) is 114 cm³/mol. The second-order valence-corrected chi connectivity index (χ2v) is 8.90. The molecule has 2 heterocycles. The van der Waals surface area contributed by atoms with Gasteiger partial charge in [0.05, 0.1) is 29.9 Å². The number of unbranched alkanes of at least 4 members (excludes halogenated alkanes) is 1. The van der Waals surface area contributed by atoms with Crippen LogP contribution >= 0.6 is 0 Å². The summed E-state index contributed by atoms with van der Waals surface area (Å²) in [6, 6.07) is 7.60. The smallest absolute Gasteiger partial charge is 0.487 e. The zero-order chi connectivity index (χ0) is 21.9. The second kappa shape index (κ2) is 8.87. The Morgan fingerprint density at radius 1 is 1.30 bits per heavy atom. The molecule has 2 aliphatic rings. The molecule has 0 radical (unpaired) electrons. The molecular formula is C22H31BN2O5. The summed E-state index contributed by atoms with van der Waals surface area (Å²) in [6.07, 6.45) is 2.08. The Balaban J connectivity index is 1.63. The van der Waals surface area contributed by atoms with E-state index in [4.69, 9.17) is 18.8 Å². The lowest BCUT2D eigenvalue weighted by molar-refractivity contribution is 0.00578. The molecule has 0 aromatic heterocycles. The van der Waals surface area contributed by atoms with Crippen LogP contribution in [0.1, 0.15) is 59.4 Å². The van der Waals surface area contributed by atoms with Gasteiger partial charge < -0.3 is 23.7 Å². The molecule has 0 N–H and O–H groups in total. The molecule has 30 heavy (non-hydrogen) atoms. The van der Waals surface area contributed by atoms with E-state index in [0.29, 0.717) is 37.4 Å². The molecular weight excluding hydrogens is 383 g/mol. The number of ether oxygens (including phenoxy) is 2. The third-order valence-corrected chi connectivity index (χ3v) is 6.07. The number of amides is 1. The maximum Gasteiger partial charge on any atom is 0.494 e. The number of nitrogens with zero attached hydrogens (tertiary/aromatic N) is 2. The average Bonchev–Trinajstić information content (AvgIpc) is 3.24. The van der Waals surface area contributed by atoms with Crippen LogP contribution in [0.5, 0.6) is 5.75 Å². The minimum absolute atomic E-state index is 0.168. The van der Waals surface area contributed by atoms with E-state index in [2.05, 4.69) is 13.0 Å². The third-order valence-electron chi connectivity index (χ3n) is 6.07. The van der Waals surface area contributed by atoms with Gasteiger partial charge in [-0.2, -0.15) is 5.26 Å². The van der Waals surface area contributed by atoms with E-state index in [1.165, 1.54) is 0 Å². The number of rotatable bonds is 6. The molecule has 1 atom stereocenters. The zero-order valence-corrected chi connectivity index (χ0v) is 18.6. The maximum atomic E-state index is 12.1. The van der Waals surface area contributed by atoms with Gasteiger partial charge in [0.2, 0.25) is 0 Å². The molecule has 0 unspecified atom stereocenters. The Morgan fingerprint density at radius 2 is 2.00 bits per heavy atom. The van der Waals surface area contributed by atoms with Crippen LogP contribution in [0.3, 0.4) is 0 Å². The summed E-state index contributed by atoms with van der Waals surface area (Å²) in [5.74, 6) is 0.504. The quantitative estimate of drug-likeness (QED) is 0.525. The van der Waals surface area contributed by atoms with Crippen molar-refractivity contribution in [2.24, 2.45) is 0 Å². The molecule has 0 spiro atoms. The maximum absolute atomic E-state index is 12.1. The van der Waals surface area contributed by atoms with Crippen LogP contribution in [0.15, 0.2) is 18.2 Å². The standard InChI is InChI=1S/C22H31BN2O5/c1-6-7-12-27-20(26)25-11-10-18(15-25)28-19-9-8-17(13-16(19)14-24)23-29-21(2,3)22(4,5)30-23/h8-9,13,18H,6-7,10-12,15H2,1-5H3/t18-/m1/s1. The van der Waals surface area contributed by atoms with Crippen molar-refractivity contribution >= 4 is 18.7 Å². The van der Waals surface area contributed by atoms with Gasteiger partial charge in [0.1, 0.15) is 17.9 Å². The van der Waals surface area contributed by atoms with Gasteiger partial charge >= 0.3 is 13.2 Å². The van der Waals surface area contributed by atoms with Crippen LogP contribution in [0.25, 0.3) is 0 Å². The number of benzene rings is 1. The van der Waals surface area contributed by atoms with Gasteiger partial charge in [-0.25, -0.2) is 4.79 Å². The van der Waals surface area contributed by atoms with Crippen molar-refractivity contribution in [2.75, 3.05) is 19.7 Å². The first-order valence-corrected chi connectivity index (χ1v) is 10.6. The largest absolute Gasteiger partial charge is 0.494 e. The lowest BCUT2D eigenvalue weighted by Gasteiger charge is -2.32. The minimum Gasteiger partial charge on any atom is -0.487 e. The van der Waals surface area contributed by atoms with E-state index in [9.17, 15) is 10.1 Å². The summed E-state index contributed by atoms with van der Waals surface area (Å²) in [6.45, 7) is 11.5. The van der Waals surface area contributed by atoms with Crippen LogP contribution in [0, 0.1) is 11.3 Å². The molecule has 0 saturated carbocycles. The second-order valence-electron chi connectivity index (χ2n) is 8.90. The number of hydrogen-bond acceptors (Lipinski definition) is 6. The molecule has 1 aromatic rings. The van der Waals surface area contributed by atoms with Crippen LogP contribution < -0.4 is 10.2 Å². The molecule has 8 heteroatoms. The zero-order valence-electron chi connectivity index (χ0n) is 18.6. The fraction of sp³-hybridized carbons (Fsp3) is 0.636. The number of carbonyl (C=O) groups excluding carboxylic acids is 1. The SMILES string of the molecule is CCCCOC(=O)N1CC[C@@H](Oc2ccc(B3OC(C)(C)C(C)(C)O3)cc2C#N)C1. The van der Waals surface area contributed by atoms with Gasteiger partial charge in [0.15, 0.2) is 0 Å². The number of likely N-dealkylation sites (tertiary alicyclic amines) is 1. The van der Waals surface area contributed by atoms with Gasteiger partial charge in [-0.3, -0.25) is 0 Å². The van der Waals surface area contributed by atoms with Crippen molar-refractivity contribution in [3.8, 4) is 11.8 Å². The van der Waals surface area contributed by atoms with Gasteiger partial charge in [-0.15, -0.1) is 0 Å². The molecule has 2 saturated heterocycles. The first-order valence-electron chi connectivity index (χ1n) is 10.6. The van der Waals surface area contributed by atoms with Crippen LogP contribution in [0.4, 0.5) is 4.79 Å². The molecule has 162 valence electrons. The van der Waals surface area contributed by atoms with Gasteiger partial charge in [-0.1, -0.05) is 19.4 Å². The van der Waals surface area contributed by atoms with E-state index in [-0.39, 0.29) is 12.2 Å². The molecule has 3 rings (SSSR count). The lowest BCUT2D eigenvalue weighted by Crippen LogP contribution is -2.41. The summed E-state index contributed by atoms with van der Waals surface area (Å²) >= 11 is 0. The van der Waals surface area contributed by atoms with Crippen LogP contribution in [-0.2, 0) is 14.0 Å². The number of hydrogen-bond donors (Lipinski definition) is 0. The van der Waals surface area contributed by atoms with Crippen molar-refractivity contribution < 1.29 is 23.6 Å².